The number of nitrogens with one attached hydrogen (secondary N) is 1. The van der Waals surface area contributed by atoms with Crippen LogP contribution in [0.2, 0.25) is 0 Å². The SMILES string of the molecule is C=CC(/C=C(\C#N)c1c[nH]c2ccc(OC)cc12)=C\N=CC. The van der Waals surface area contributed by atoms with E-state index >= 15 is 0 Å². The van der Waals surface area contributed by atoms with Crippen molar-refractivity contribution in [3.05, 3.63) is 60.5 Å². The van der Waals surface area contributed by atoms with Gasteiger partial charge < -0.3 is 9.72 Å². The number of nitriles is 1. The molecule has 0 atom stereocenters. The van der Waals surface area contributed by atoms with Crippen LogP contribution in [0.3, 0.4) is 0 Å². The summed E-state index contributed by atoms with van der Waals surface area (Å²) >= 11 is 0. The Balaban J connectivity index is 2.56. The molecule has 1 aromatic carbocycles. The molecule has 0 aliphatic carbocycles. The smallest absolute Gasteiger partial charge is 0.119 e. The average molecular weight is 291 g/mol. The van der Waals surface area contributed by atoms with Gasteiger partial charge in [0.15, 0.2) is 0 Å². The van der Waals surface area contributed by atoms with Crippen LogP contribution in [0.4, 0.5) is 0 Å². The molecule has 0 spiro atoms. The fraction of sp³-hybridized carbons (Fsp3) is 0.111. The van der Waals surface area contributed by atoms with Gasteiger partial charge in [0, 0.05) is 35.1 Å². The fourth-order valence-corrected chi connectivity index (χ4v) is 2.10. The predicted molar refractivity (Wildman–Crippen MR) is 90.9 cm³/mol. The van der Waals surface area contributed by atoms with Crippen LogP contribution in [-0.4, -0.2) is 18.3 Å². The molecule has 2 aromatic rings. The molecule has 110 valence electrons. The Kier molecular flexibility index (Phi) is 4.94. The standard InChI is InChI=1S/C18H17N3O/c1-4-13(11-20-5-2)8-14(10-19)17-12-21-18-7-6-15(22-3)9-16(17)18/h4-9,11-12,21H,1H2,2-3H3/b13-11+,14-8+,20-5?. The van der Waals surface area contributed by atoms with Gasteiger partial charge in [-0.25, -0.2) is 0 Å². The minimum atomic E-state index is 0.539. The van der Waals surface area contributed by atoms with Gasteiger partial charge >= 0.3 is 0 Å². The van der Waals surface area contributed by atoms with Crippen molar-refractivity contribution in [3.8, 4) is 11.8 Å². The lowest BCUT2D eigenvalue weighted by molar-refractivity contribution is 0.415. The van der Waals surface area contributed by atoms with Crippen LogP contribution in [0.25, 0.3) is 16.5 Å². The van der Waals surface area contributed by atoms with Crippen LogP contribution in [0.5, 0.6) is 5.75 Å². The Morgan fingerprint density at radius 3 is 2.91 bits per heavy atom. The van der Waals surface area contributed by atoms with Gasteiger partial charge in [0.25, 0.3) is 0 Å². The summed E-state index contributed by atoms with van der Waals surface area (Å²) in [5, 5.41) is 10.4. The first kappa shape index (κ1) is 15.3. The molecule has 1 N–H and O–H groups in total. The molecule has 0 amide bonds. The third-order valence-electron chi connectivity index (χ3n) is 3.22. The van der Waals surface area contributed by atoms with Crippen molar-refractivity contribution in [2.24, 2.45) is 4.99 Å². The van der Waals surface area contributed by atoms with Crippen LogP contribution in [0, 0.1) is 11.3 Å². The molecule has 1 aromatic heterocycles. The van der Waals surface area contributed by atoms with E-state index in [1.807, 2.05) is 31.3 Å². The number of aliphatic imine (C=N–C) groups is 1. The van der Waals surface area contributed by atoms with Crippen LogP contribution in [-0.2, 0) is 0 Å². The Labute approximate surface area is 129 Å². The highest BCUT2D eigenvalue weighted by Crippen LogP contribution is 2.28. The van der Waals surface area contributed by atoms with E-state index in [4.69, 9.17) is 4.74 Å². The second-order valence-electron chi connectivity index (χ2n) is 4.52. The van der Waals surface area contributed by atoms with E-state index in [9.17, 15) is 5.26 Å². The van der Waals surface area contributed by atoms with Gasteiger partial charge in [0.05, 0.1) is 18.8 Å². The number of methoxy groups -OCH3 is 1. The maximum Gasteiger partial charge on any atom is 0.119 e. The first-order chi connectivity index (χ1) is 10.7. The monoisotopic (exact) mass is 291 g/mol. The summed E-state index contributed by atoms with van der Waals surface area (Å²) < 4.78 is 5.25. The summed E-state index contributed by atoms with van der Waals surface area (Å²) in [5.41, 5.74) is 3.08. The highest BCUT2D eigenvalue weighted by atomic mass is 16.5. The summed E-state index contributed by atoms with van der Waals surface area (Å²) in [6.45, 7) is 5.58. The summed E-state index contributed by atoms with van der Waals surface area (Å²) in [5.74, 6) is 0.751. The molecule has 0 fully saturated rings. The van der Waals surface area contributed by atoms with E-state index in [1.165, 1.54) is 0 Å². The molecule has 4 nitrogen and oxygen atoms in total. The number of allylic oxidation sites excluding steroid dienone is 4. The van der Waals surface area contributed by atoms with Crippen molar-refractivity contribution in [2.75, 3.05) is 7.11 Å². The van der Waals surface area contributed by atoms with Crippen LogP contribution in [0.1, 0.15) is 12.5 Å². The highest BCUT2D eigenvalue weighted by Gasteiger charge is 2.09. The molecule has 0 unspecified atom stereocenters. The number of aromatic amines is 1. The molecule has 0 bridgehead atoms. The van der Waals surface area contributed by atoms with Crippen molar-refractivity contribution in [1.82, 2.24) is 4.98 Å². The lowest BCUT2D eigenvalue weighted by Crippen LogP contribution is -1.84. The number of ether oxygens (including phenoxy) is 1. The minimum absolute atomic E-state index is 0.539. The lowest BCUT2D eigenvalue weighted by Gasteiger charge is -2.01. The maximum atomic E-state index is 9.49. The summed E-state index contributed by atoms with van der Waals surface area (Å²) in [4.78, 5) is 7.23. The van der Waals surface area contributed by atoms with Crippen LogP contribution >= 0.6 is 0 Å². The summed E-state index contributed by atoms with van der Waals surface area (Å²) in [6.07, 6.45) is 8.60. The summed E-state index contributed by atoms with van der Waals surface area (Å²) in [6, 6.07) is 7.95. The summed E-state index contributed by atoms with van der Waals surface area (Å²) in [7, 11) is 1.62. The normalized spacial score (nSPS) is 12.6. The third-order valence-corrected chi connectivity index (χ3v) is 3.22. The Bertz CT molecular complexity index is 816. The number of H-pyrrole nitrogens is 1. The van der Waals surface area contributed by atoms with E-state index in [0.717, 1.165) is 27.8 Å². The van der Waals surface area contributed by atoms with Crippen molar-refractivity contribution in [2.45, 2.75) is 6.92 Å². The molecule has 0 aliphatic heterocycles. The van der Waals surface area contributed by atoms with E-state index in [-0.39, 0.29) is 0 Å². The number of rotatable bonds is 5. The van der Waals surface area contributed by atoms with E-state index in [1.54, 1.807) is 31.7 Å². The Morgan fingerprint density at radius 2 is 2.27 bits per heavy atom. The van der Waals surface area contributed by atoms with E-state index < -0.39 is 0 Å². The first-order valence-electron chi connectivity index (χ1n) is 6.81. The fourth-order valence-electron chi connectivity index (χ4n) is 2.10. The van der Waals surface area contributed by atoms with Gasteiger partial charge in [0.2, 0.25) is 0 Å². The van der Waals surface area contributed by atoms with Gasteiger partial charge in [-0.1, -0.05) is 12.7 Å². The number of benzene rings is 1. The predicted octanol–water partition coefficient (Wildman–Crippen LogP) is 4.24. The molecule has 22 heavy (non-hydrogen) atoms. The molecule has 0 aliphatic rings. The zero-order valence-corrected chi connectivity index (χ0v) is 12.6. The molecule has 1 heterocycles. The van der Waals surface area contributed by atoms with Crippen LogP contribution < -0.4 is 4.74 Å². The second kappa shape index (κ2) is 7.09. The number of aromatic nitrogens is 1. The maximum absolute atomic E-state index is 9.49. The molecule has 2 rings (SSSR count). The van der Waals surface area contributed by atoms with Gasteiger partial charge in [-0.05, 0) is 36.8 Å². The quantitative estimate of drug-likeness (QED) is 0.508. The molecule has 0 radical (unpaired) electrons. The van der Waals surface area contributed by atoms with E-state index in [2.05, 4.69) is 22.6 Å². The van der Waals surface area contributed by atoms with Gasteiger partial charge in [0.1, 0.15) is 5.75 Å². The zero-order chi connectivity index (χ0) is 15.9. The van der Waals surface area contributed by atoms with Crippen molar-refractivity contribution < 1.29 is 4.74 Å². The van der Waals surface area contributed by atoms with Crippen molar-refractivity contribution in [3.63, 3.8) is 0 Å². The Morgan fingerprint density at radius 1 is 1.45 bits per heavy atom. The highest BCUT2D eigenvalue weighted by molar-refractivity contribution is 5.97. The van der Waals surface area contributed by atoms with Crippen LogP contribution in [0.15, 0.2) is 59.9 Å². The first-order valence-corrected chi connectivity index (χ1v) is 6.81. The van der Waals surface area contributed by atoms with Gasteiger partial charge in [-0.2, -0.15) is 5.26 Å². The average Bonchev–Trinajstić information content (AvgIpc) is 2.98. The molecule has 0 saturated heterocycles. The topological polar surface area (TPSA) is 61.2 Å². The number of fused-ring (bicyclic) bond motifs is 1. The largest absolute Gasteiger partial charge is 0.497 e. The van der Waals surface area contributed by atoms with Gasteiger partial charge in [-0.15, -0.1) is 0 Å². The molecule has 0 saturated carbocycles. The minimum Gasteiger partial charge on any atom is -0.497 e. The van der Waals surface area contributed by atoms with E-state index in [0.29, 0.717) is 5.57 Å². The third kappa shape index (κ3) is 3.15. The number of nitrogens with zero attached hydrogens (tertiary/aromatic N) is 2. The molecule has 4 heteroatoms. The Hall–Kier alpha value is -3.06. The molecular weight excluding hydrogens is 274 g/mol. The lowest BCUT2D eigenvalue weighted by atomic mass is 10.0. The van der Waals surface area contributed by atoms with Crippen molar-refractivity contribution in [1.29, 1.82) is 5.26 Å². The van der Waals surface area contributed by atoms with Gasteiger partial charge in [-0.3, -0.25) is 4.99 Å². The zero-order valence-electron chi connectivity index (χ0n) is 12.6. The second-order valence-corrected chi connectivity index (χ2v) is 4.52. The number of hydrogen-bond acceptors (Lipinski definition) is 3. The van der Waals surface area contributed by atoms with Crippen molar-refractivity contribution >= 4 is 22.7 Å². The molecular formula is C18H17N3O. The number of hydrogen-bond donors (Lipinski definition) is 1.